The average molecular weight is 273 g/mol. The third-order valence-corrected chi connectivity index (χ3v) is 4.94. The van der Waals surface area contributed by atoms with Crippen LogP contribution < -0.4 is 4.90 Å². The highest BCUT2D eigenvalue weighted by molar-refractivity contribution is 9.10. The molecule has 1 aromatic rings. The Balaban J connectivity index is 1.91. The van der Waals surface area contributed by atoms with Crippen LogP contribution in [-0.4, -0.2) is 17.1 Å². The number of anilines is 1. The Morgan fingerprint density at radius 2 is 2.00 bits per heavy atom. The van der Waals surface area contributed by atoms with Crippen molar-refractivity contribution in [2.45, 2.75) is 44.2 Å². The maximum absolute atomic E-state index is 4.54. The molecule has 0 unspecified atom stereocenters. The van der Waals surface area contributed by atoms with Gasteiger partial charge < -0.3 is 4.90 Å². The number of hydrogen-bond acceptors (Lipinski definition) is 3. The predicted octanol–water partition coefficient (Wildman–Crippen LogP) is 3.43. The first kappa shape index (κ1) is 9.16. The number of thiazole rings is 1. The largest absolute Gasteiger partial charge is 0.342 e. The van der Waals surface area contributed by atoms with Gasteiger partial charge in [0.1, 0.15) is 4.60 Å². The standard InChI is InChI=1S/C10H13BrN2S/c11-9-6-14-10(12-9)13-7-2-1-3-8(13)5-4-7/h6-8H,1-5H2/t7-,8+. The molecule has 0 aliphatic carbocycles. The van der Waals surface area contributed by atoms with E-state index >= 15 is 0 Å². The van der Waals surface area contributed by atoms with E-state index in [1.165, 1.54) is 37.2 Å². The number of fused-ring (bicyclic) bond motifs is 2. The van der Waals surface area contributed by atoms with Crippen molar-refractivity contribution in [3.05, 3.63) is 9.98 Å². The number of hydrogen-bond donors (Lipinski definition) is 0. The van der Waals surface area contributed by atoms with Crippen LogP contribution in [0.5, 0.6) is 0 Å². The fourth-order valence-electron chi connectivity index (χ4n) is 2.79. The number of nitrogens with zero attached hydrogens (tertiary/aromatic N) is 2. The predicted molar refractivity (Wildman–Crippen MR) is 63.0 cm³/mol. The molecule has 2 atom stereocenters. The zero-order chi connectivity index (χ0) is 9.54. The second kappa shape index (κ2) is 3.49. The molecule has 2 aliphatic heterocycles. The molecular formula is C10H13BrN2S. The molecule has 3 heterocycles. The average Bonchev–Trinajstić information content (AvgIpc) is 2.68. The van der Waals surface area contributed by atoms with E-state index in [0.717, 1.165) is 16.7 Å². The van der Waals surface area contributed by atoms with E-state index in [9.17, 15) is 0 Å². The van der Waals surface area contributed by atoms with E-state index in [0.29, 0.717) is 0 Å². The van der Waals surface area contributed by atoms with Gasteiger partial charge in [-0.2, -0.15) is 0 Å². The summed E-state index contributed by atoms with van der Waals surface area (Å²) in [5.74, 6) is 0. The monoisotopic (exact) mass is 272 g/mol. The van der Waals surface area contributed by atoms with Gasteiger partial charge in [-0.15, -0.1) is 11.3 Å². The van der Waals surface area contributed by atoms with Crippen molar-refractivity contribution in [3.8, 4) is 0 Å². The number of aromatic nitrogens is 1. The zero-order valence-electron chi connectivity index (χ0n) is 7.95. The molecular weight excluding hydrogens is 260 g/mol. The molecule has 0 N–H and O–H groups in total. The maximum Gasteiger partial charge on any atom is 0.186 e. The molecule has 0 aromatic carbocycles. The van der Waals surface area contributed by atoms with Crippen LogP contribution in [0.4, 0.5) is 5.13 Å². The van der Waals surface area contributed by atoms with Crippen LogP contribution in [-0.2, 0) is 0 Å². The SMILES string of the molecule is Brc1csc(N2[C@@H]3CCC[C@H]2CC3)n1. The Bertz CT molecular complexity index is 323. The van der Waals surface area contributed by atoms with Gasteiger partial charge >= 0.3 is 0 Å². The number of rotatable bonds is 1. The minimum atomic E-state index is 0.784. The van der Waals surface area contributed by atoms with Crippen LogP contribution in [0.1, 0.15) is 32.1 Å². The molecule has 0 saturated carbocycles. The summed E-state index contributed by atoms with van der Waals surface area (Å²) in [5.41, 5.74) is 0. The van der Waals surface area contributed by atoms with Gasteiger partial charge in [-0.25, -0.2) is 4.98 Å². The normalized spacial score (nSPS) is 31.1. The van der Waals surface area contributed by atoms with Crippen molar-refractivity contribution in [1.29, 1.82) is 0 Å². The topological polar surface area (TPSA) is 16.1 Å². The summed E-state index contributed by atoms with van der Waals surface area (Å²) in [5, 5.41) is 3.31. The Labute approximate surface area is 96.5 Å². The van der Waals surface area contributed by atoms with Crippen LogP contribution in [0.25, 0.3) is 0 Å². The van der Waals surface area contributed by atoms with Crippen LogP contribution >= 0.6 is 27.3 Å². The van der Waals surface area contributed by atoms with E-state index in [1.54, 1.807) is 11.3 Å². The summed E-state index contributed by atoms with van der Waals surface area (Å²) in [6.45, 7) is 0. The molecule has 0 radical (unpaired) electrons. The first-order chi connectivity index (χ1) is 6.84. The molecule has 2 aliphatic rings. The van der Waals surface area contributed by atoms with Gasteiger partial charge in [0.15, 0.2) is 5.13 Å². The maximum atomic E-state index is 4.54. The summed E-state index contributed by atoms with van der Waals surface area (Å²) >= 11 is 5.20. The van der Waals surface area contributed by atoms with Gasteiger partial charge in [0.05, 0.1) is 0 Å². The van der Waals surface area contributed by atoms with E-state index in [2.05, 4.69) is 31.2 Å². The number of halogens is 1. The van der Waals surface area contributed by atoms with Crippen molar-refractivity contribution < 1.29 is 0 Å². The quantitative estimate of drug-likeness (QED) is 0.779. The lowest BCUT2D eigenvalue weighted by Gasteiger charge is -2.34. The molecule has 2 bridgehead atoms. The first-order valence-corrected chi connectivity index (χ1v) is 6.91. The van der Waals surface area contributed by atoms with Crippen molar-refractivity contribution in [2.75, 3.05) is 4.90 Å². The highest BCUT2D eigenvalue weighted by Crippen LogP contribution is 2.40. The second-order valence-corrected chi connectivity index (χ2v) is 5.83. The summed E-state index contributed by atoms with van der Waals surface area (Å²) in [7, 11) is 0. The highest BCUT2D eigenvalue weighted by atomic mass is 79.9. The van der Waals surface area contributed by atoms with Crippen LogP contribution in [0.15, 0.2) is 9.98 Å². The molecule has 2 nitrogen and oxygen atoms in total. The van der Waals surface area contributed by atoms with E-state index in [-0.39, 0.29) is 0 Å². The fraction of sp³-hybridized carbons (Fsp3) is 0.700. The molecule has 4 heteroatoms. The van der Waals surface area contributed by atoms with E-state index in [1.807, 2.05) is 0 Å². The van der Waals surface area contributed by atoms with Gasteiger partial charge in [-0.05, 0) is 48.0 Å². The van der Waals surface area contributed by atoms with Gasteiger partial charge in [0.2, 0.25) is 0 Å². The van der Waals surface area contributed by atoms with E-state index in [4.69, 9.17) is 0 Å². The molecule has 2 fully saturated rings. The number of piperidine rings is 1. The highest BCUT2D eigenvalue weighted by Gasteiger charge is 2.37. The third kappa shape index (κ3) is 1.39. The lowest BCUT2D eigenvalue weighted by Crippen LogP contribution is -2.39. The molecule has 1 aromatic heterocycles. The zero-order valence-corrected chi connectivity index (χ0v) is 10.4. The Morgan fingerprint density at radius 1 is 1.29 bits per heavy atom. The Kier molecular flexibility index (Phi) is 2.28. The molecule has 3 rings (SSSR count). The van der Waals surface area contributed by atoms with Crippen molar-refractivity contribution >= 4 is 32.4 Å². The summed E-state index contributed by atoms with van der Waals surface area (Å²) in [6, 6.07) is 1.57. The Hall–Kier alpha value is -0.0900. The minimum Gasteiger partial charge on any atom is -0.342 e. The van der Waals surface area contributed by atoms with Crippen molar-refractivity contribution in [2.24, 2.45) is 0 Å². The molecule has 2 saturated heterocycles. The van der Waals surface area contributed by atoms with Gasteiger partial charge in [0.25, 0.3) is 0 Å². The lowest BCUT2D eigenvalue weighted by atomic mass is 10.0. The van der Waals surface area contributed by atoms with Crippen molar-refractivity contribution in [1.82, 2.24) is 4.98 Å². The van der Waals surface area contributed by atoms with Crippen LogP contribution in [0, 0.1) is 0 Å². The van der Waals surface area contributed by atoms with Gasteiger partial charge in [-0.1, -0.05) is 0 Å². The second-order valence-electron chi connectivity index (χ2n) is 4.18. The van der Waals surface area contributed by atoms with Gasteiger partial charge in [-0.3, -0.25) is 0 Å². The molecule has 76 valence electrons. The van der Waals surface area contributed by atoms with Crippen molar-refractivity contribution in [3.63, 3.8) is 0 Å². The molecule has 14 heavy (non-hydrogen) atoms. The smallest absolute Gasteiger partial charge is 0.186 e. The lowest BCUT2D eigenvalue weighted by molar-refractivity contribution is 0.467. The Morgan fingerprint density at radius 3 is 2.57 bits per heavy atom. The van der Waals surface area contributed by atoms with Crippen LogP contribution in [0.3, 0.4) is 0 Å². The van der Waals surface area contributed by atoms with E-state index < -0.39 is 0 Å². The fourth-order valence-corrected chi connectivity index (χ4v) is 4.19. The van der Waals surface area contributed by atoms with Crippen LogP contribution in [0.2, 0.25) is 0 Å². The summed E-state index contributed by atoms with van der Waals surface area (Å²) in [4.78, 5) is 7.10. The minimum absolute atomic E-state index is 0.784. The summed E-state index contributed by atoms with van der Waals surface area (Å²) < 4.78 is 0.988. The molecule has 0 spiro atoms. The van der Waals surface area contributed by atoms with Gasteiger partial charge in [0, 0.05) is 17.5 Å². The first-order valence-electron chi connectivity index (χ1n) is 5.24. The summed E-state index contributed by atoms with van der Waals surface area (Å²) in [6.07, 6.45) is 6.91. The third-order valence-electron chi connectivity index (χ3n) is 3.38. The molecule has 0 amide bonds.